The van der Waals surface area contributed by atoms with Crippen LogP contribution >= 0.6 is 0 Å². The van der Waals surface area contributed by atoms with Crippen molar-refractivity contribution in [2.24, 2.45) is 5.92 Å². The molecule has 0 aliphatic rings. The summed E-state index contributed by atoms with van der Waals surface area (Å²) in [5, 5.41) is 9.08. The Hall–Kier alpha value is -0.650. The van der Waals surface area contributed by atoms with Crippen molar-refractivity contribution >= 4 is 5.97 Å². The van der Waals surface area contributed by atoms with E-state index >= 15 is 0 Å². The van der Waals surface area contributed by atoms with Gasteiger partial charge in [-0.2, -0.15) is 0 Å². The molecule has 0 aliphatic heterocycles. The van der Waals surface area contributed by atoms with Gasteiger partial charge in [-0.3, -0.25) is 4.79 Å². The molecule has 0 rings (SSSR count). The predicted molar refractivity (Wildman–Crippen MR) is 72.9 cm³/mol. The van der Waals surface area contributed by atoms with E-state index in [1.165, 1.54) is 0 Å². The lowest BCUT2D eigenvalue weighted by Crippen LogP contribution is -2.27. The first-order valence-corrected chi connectivity index (χ1v) is 6.94. The molecule has 0 radical (unpaired) electrons. The minimum atomic E-state index is -0.476. The Bertz CT molecular complexity index is 242. The lowest BCUT2D eigenvalue weighted by molar-refractivity contribution is -0.152. The summed E-state index contributed by atoms with van der Waals surface area (Å²) in [4.78, 5) is 11.5. The van der Waals surface area contributed by atoms with Crippen molar-refractivity contribution in [3.05, 3.63) is 0 Å². The molecule has 1 N–H and O–H groups in total. The summed E-state index contributed by atoms with van der Waals surface area (Å²) in [6, 6.07) is 0. The van der Waals surface area contributed by atoms with E-state index in [0.29, 0.717) is 13.2 Å². The maximum absolute atomic E-state index is 11.5. The van der Waals surface area contributed by atoms with Crippen molar-refractivity contribution in [1.29, 1.82) is 0 Å². The van der Waals surface area contributed by atoms with Gasteiger partial charge in [0.25, 0.3) is 0 Å². The maximum atomic E-state index is 11.5. The van der Waals surface area contributed by atoms with Gasteiger partial charge in [0.1, 0.15) is 6.61 Å². The summed E-state index contributed by atoms with van der Waals surface area (Å²) in [6.07, 6.45) is 0.0439. The largest absolute Gasteiger partial charge is 0.463 e. The molecule has 114 valence electrons. The van der Waals surface area contributed by atoms with Crippen LogP contribution in [0.25, 0.3) is 0 Å². The number of esters is 1. The number of aliphatic hydroxyl groups is 1. The molecule has 0 heterocycles. The summed E-state index contributed by atoms with van der Waals surface area (Å²) in [5.74, 6) is -0.253. The molecule has 19 heavy (non-hydrogen) atoms. The number of carbonyl (C=O) groups excluding carboxylic acids is 1. The van der Waals surface area contributed by atoms with Gasteiger partial charge < -0.3 is 19.3 Å². The van der Waals surface area contributed by atoms with E-state index in [4.69, 9.17) is 19.3 Å². The normalized spacial score (nSPS) is 17.6. The van der Waals surface area contributed by atoms with Gasteiger partial charge in [-0.15, -0.1) is 0 Å². The topological polar surface area (TPSA) is 65.0 Å². The van der Waals surface area contributed by atoms with Crippen LogP contribution < -0.4 is 0 Å². The fourth-order valence-corrected chi connectivity index (χ4v) is 1.21. The van der Waals surface area contributed by atoms with Crippen LogP contribution in [-0.2, 0) is 19.0 Å². The Morgan fingerprint density at radius 3 is 2.05 bits per heavy atom. The summed E-state index contributed by atoms with van der Waals surface area (Å²) >= 11 is 0. The molecule has 5 nitrogen and oxygen atoms in total. The minimum Gasteiger partial charge on any atom is -0.463 e. The van der Waals surface area contributed by atoms with Crippen LogP contribution in [0.5, 0.6) is 0 Å². The molecule has 0 saturated heterocycles. The van der Waals surface area contributed by atoms with Crippen molar-refractivity contribution in [3.8, 4) is 0 Å². The molecule has 0 bridgehead atoms. The van der Waals surface area contributed by atoms with E-state index < -0.39 is 6.10 Å². The third kappa shape index (κ3) is 9.87. The third-order valence-corrected chi connectivity index (χ3v) is 2.71. The van der Waals surface area contributed by atoms with E-state index in [1.807, 2.05) is 27.7 Å². The van der Waals surface area contributed by atoms with E-state index in [1.54, 1.807) is 6.92 Å². The Morgan fingerprint density at radius 2 is 1.53 bits per heavy atom. The highest BCUT2D eigenvalue weighted by Gasteiger charge is 2.14. The SMILES string of the molecule is CCC(C)C(=O)OCC(C)OCC(C)OCC(C)O. The van der Waals surface area contributed by atoms with Crippen molar-refractivity contribution in [2.75, 3.05) is 19.8 Å². The molecule has 4 atom stereocenters. The minimum absolute atomic E-state index is 0.0690. The molecule has 0 spiro atoms. The second kappa shape index (κ2) is 10.2. The molecule has 0 amide bonds. The molecule has 0 aromatic carbocycles. The molecule has 0 aromatic heterocycles. The van der Waals surface area contributed by atoms with E-state index in [9.17, 15) is 4.79 Å². The first kappa shape index (κ1) is 18.4. The van der Waals surface area contributed by atoms with Gasteiger partial charge in [0.05, 0.1) is 37.4 Å². The Balaban J connectivity index is 3.69. The van der Waals surface area contributed by atoms with Crippen LogP contribution in [0.1, 0.15) is 41.0 Å². The first-order chi connectivity index (χ1) is 8.86. The standard InChI is InChI=1S/C14H28O5/c1-6-10(2)14(16)19-9-13(5)18-8-12(4)17-7-11(3)15/h10-13,15H,6-9H2,1-5H3. The van der Waals surface area contributed by atoms with Crippen LogP contribution in [0.15, 0.2) is 0 Å². The highest BCUT2D eigenvalue weighted by atomic mass is 16.6. The average molecular weight is 276 g/mol. The third-order valence-electron chi connectivity index (χ3n) is 2.71. The molecule has 0 saturated carbocycles. The van der Waals surface area contributed by atoms with Gasteiger partial charge in [-0.05, 0) is 27.2 Å². The number of ether oxygens (including phenoxy) is 3. The Morgan fingerprint density at radius 1 is 1.00 bits per heavy atom. The second-order valence-corrected chi connectivity index (χ2v) is 5.08. The smallest absolute Gasteiger partial charge is 0.308 e. The lowest BCUT2D eigenvalue weighted by Gasteiger charge is -2.19. The van der Waals surface area contributed by atoms with Gasteiger partial charge >= 0.3 is 5.97 Å². The van der Waals surface area contributed by atoms with Crippen LogP contribution in [0.2, 0.25) is 0 Å². The summed E-state index contributed by atoms with van der Waals surface area (Å²) in [5.41, 5.74) is 0. The first-order valence-electron chi connectivity index (χ1n) is 6.94. The fraction of sp³-hybridized carbons (Fsp3) is 0.929. The summed E-state index contributed by atoms with van der Waals surface area (Å²) in [7, 11) is 0. The molecule has 0 aliphatic carbocycles. The molecule has 0 fully saturated rings. The Kier molecular flexibility index (Phi) is 9.83. The highest BCUT2D eigenvalue weighted by molar-refractivity contribution is 5.71. The van der Waals surface area contributed by atoms with Gasteiger partial charge in [-0.1, -0.05) is 13.8 Å². The zero-order chi connectivity index (χ0) is 14.8. The maximum Gasteiger partial charge on any atom is 0.308 e. The molecular formula is C14H28O5. The van der Waals surface area contributed by atoms with E-state index in [-0.39, 0.29) is 30.7 Å². The van der Waals surface area contributed by atoms with Crippen LogP contribution in [0, 0.1) is 5.92 Å². The van der Waals surface area contributed by atoms with Crippen molar-refractivity contribution in [3.63, 3.8) is 0 Å². The number of hydrogen-bond donors (Lipinski definition) is 1. The van der Waals surface area contributed by atoms with Crippen LogP contribution in [0.4, 0.5) is 0 Å². The quantitative estimate of drug-likeness (QED) is 0.616. The number of aliphatic hydroxyl groups excluding tert-OH is 1. The van der Waals surface area contributed by atoms with E-state index in [2.05, 4.69) is 0 Å². The van der Waals surface area contributed by atoms with Gasteiger partial charge in [0, 0.05) is 0 Å². The van der Waals surface area contributed by atoms with Gasteiger partial charge in [0.15, 0.2) is 0 Å². The van der Waals surface area contributed by atoms with Crippen molar-refractivity contribution < 1.29 is 24.1 Å². The Labute approximate surface area is 116 Å². The number of hydrogen-bond acceptors (Lipinski definition) is 5. The molecule has 5 heteroatoms. The average Bonchev–Trinajstić information content (AvgIpc) is 2.38. The van der Waals surface area contributed by atoms with Crippen molar-refractivity contribution in [1.82, 2.24) is 0 Å². The van der Waals surface area contributed by atoms with Crippen LogP contribution in [-0.4, -0.2) is 49.2 Å². The summed E-state index contributed by atoms with van der Waals surface area (Å²) < 4.78 is 16.0. The highest BCUT2D eigenvalue weighted by Crippen LogP contribution is 2.05. The number of rotatable bonds is 10. The molecular weight excluding hydrogens is 248 g/mol. The lowest BCUT2D eigenvalue weighted by atomic mass is 10.1. The summed E-state index contributed by atoms with van der Waals surface area (Å²) in [6.45, 7) is 10.2. The zero-order valence-corrected chi connectivity index (χ0v) is 12.7. The van der Waals surface area contributed by atoms with E-state index in [0.717, 1.165) is 6.42 Å². The second-order valence-electron chi connectivity index (χ2n) is 5.08. The van der Waals surface area contributed by atoms with Gasteiger partial charge in [0.2, 0.25) is 0 Å². The monoisotopic (exact) mass is 276 g/mol. The number of carbonyl (C=O) groups is 1. The van der Waals surface area contributed by atoms with Crippen LogP contribution in [0.3, 0.4) is 0 Å². The zero-order valence-electron chi connectivity index (χ0n) is 12.7. The van der Waals surface area contributed by atoms with Crippen molar-refractivity contribution in [2.45, 2.75) is 59.4 Å². The molecule has 4 unspecified atom stereocenters. The van der Waals surface area contributed by atoms with Gasteiger partial charge in [-0.25, -0.2) is 0 Å². The predicted octanol–water partition coefficient (Wildman–Crippen LogP) is 1.77. The molecule has 0 aromatic rings. The fourth-order valence-electron chi connectivity index (χ4n) is 1.21.